The standard InChI is InChI=1S/C16H22N4O3/c1-2-9-19-10-7-14(8-11-19)17-18-16(21)12-13-3-5-15(6-4-13)20(22)23/h3-6H,2,7-12H2,1H3,(H,18,21)/p+1. The van der Waals surface area contributed by atoms with Crippen LogP contribution in [-0.2, 0) is 11.2 Å². The Hall–Kier alpha value is -2.28. The van der Waals surface area contributed by atoms with Gasteiger partial charge >= 0.3 is 0 Å². The number of benzene rings is 1. The van der Waals surface area contributed by atoms with Gasteiger partial charge in [-0.25, -0.2) is 5.43 Å². The maximum atomic E-state index is 11.9. The molecule has 1 aliphatic heterocycles. The number of amides is 1. The van der Waals surface area contributed by atoms with Crippen molar-refractivity contribution in [2.75, 3.05) is 19.6 Å². The van der Waals surface area contributed by atoms with Crippen molar-refractivity contribution in [1.82, 2.24) is 5.43 Å². The minimum Gasteiger partial charge on any atom is -0.334 e. The van der Waals surface area contributed by atoms with Gasteiger partial charge in [-0.1, -0.05) is 19.1 Å². The van der Waals surface area contributed by atoms with Crippen molar-refractivity contribution in [2.45, 2.75) is 32.6 Å². The van der Waals surface area contributed by atoms with E-state index in [2.05, 4.69) is 17.5 Å². The van der Waals surface area contributed by atoms with Crippen LogP contribution >= 0.6 is 0 Å². The van der Waals surface area contributed by atoms with Gasteiger partial charge in [-0.2, -0.15) is 5.10 Å². The average Bonchev–Trinajstić information content (AvgIpc) is 2.55. The molecule has 0 aromatic heterocycles. The summed E-state index contributed by atoms with van der Waals surface area (Å²) in [6, 6.07) is 6.00. The topological polar surface area (TPSA) is 89.0 Å². The van der Waals surface area contributed by atoms with E-state index in [1.165, 1.54) is 25.1 Å². The normalized spacial score (nSPS) is 17.6. The van der Waals surface area contributed by atoms with Crippen molar-refractivity contribution in [3.63, 3.8) is 0 Å². The van der Waals surface area contributed by atoms with E-state index in [9.17, 15) is 14.9 Å². The second-order valence-electron chi connectivity index (χ2n) is 5.81. The Morgan fingerprint density at radius 1 is 1.30 bits per heavy atom. The largest absolute Gasteiger partial charge is 0.334 e. The summed E-state index contributed by atoms with van der Waals surface area (Å²) in [6.07, 6.45) is 3.20. The summed E-state index contributed by atoms with van der Waals surface area (Å²) in [5.74, 6) is -0.199. The van der Waals surface area contributed by atoms with E-state index in [1.54, 1.807) is 17.0 Å². The smallest absolute Gasteiger partial charge is 0.269 e. The SMILES string of the molecule is CCC[NH+]1CCC(=NNC(=O)Cc2ccc([N+](=O)[O-])cc2)CC1. The number of carbonyl (C=O) groups is 1. The molecule has 2 N–H and O–H groups in total. The Kier molecular flexibility index (Phi) is 6.22. The van der Waals surface area contributed by atoms with Crippen molar-refractivity contribution in [1.29, 1.82) is 0 Å². The Balaban J connectivity index is 1.79. The summed E-state index contributed by atoms with van der Waals surface area (Å²) in [4.78, 5) is 23.6. The molecule has 0 saturated carbocycles. The van der Waals surface area contributed by atoms with Crippen molar-refractivity contribution < 1.29 is 14.6 Å². The fourth-order valence-electron chi connectivity index (χ4n) is 2.71. The lowest BCUT2D eigenvalue weighted by Crippen LogP contribution is -3.13. The summed E-state index contributed by atoms with van der Waals surface area (Å²) in [5, 5.41) is 14.8. The van der Waals surface area contributed by atoms with Crippen LogP contribution in [0, 0.1) is 10.1 Å². The summed E-state index contributed by atoms with van der Waals surface area (Å²) >= 11 is 0. The van der Waals surface area contributed by atoms with Crippen LogP contribution in [0.5, 0.6) is 0 Å². The number of likely N-dealkylation sites (tertiary alicyclic amines) is 1. The van der Waals surface area contributed by atoms with Crippen LogP contribution < -0.4 is 10.3 Å². The fraction of sp³-hybridized carbons (Fsp3) is 0.500. The number of quaternary nitrogens is 1. The van der Waals surface area contributed by atoms with Crippen LogP contribution in [0.2, 0.25) is 0 Å². The Morgan fingerprint density at radius 2 is 1.96 bits per heavy atom. The van der Waals surface area contributed by atoms with Crippen LogP contribution in [0.4, 0.5) is 5.69 Å². The first-order chi connectivity index (χ1) is 11.1. The highest BCUT2D eigenvalue weighted by atomic mass is 16.6. The van der Waals surface area contributed by atoms with Crippen LogP contribution in [0.15, 0.2) is 29.4 Å². The van der Waals surface area contributed by atoms with E-state index in [0.717, 1.165) is 37.2 Å². The van der Waals surface area contributed by atoms with Crippen molar-refractivity contribution in [3.05, 3.63) is 39.9 Å². The lowest BCUT2D eigenvalue weighted by atomic mass is 10.1. The number of hydrazone groups is 1. The zero-order valence-corrected chi connectivity index (χ0v) is 13.4. The summed E-state index contributed by atoms with van der Waals surface area (Å²) < 4.78 is 0. The molecule has 0 unspecified atom stereocenters. The molecule has 0 aliphatic carbocycles. The molecule has 1 aliphatic rings. The first kappa shape index (κ1) is 17.1. The summed E-state index contributed by atoms with van der Waals surface area (Å²) in [5.41, 5.74) is 4.39. The van der Waals surface area contributed by atoms with E-state index in [-0.39, 0.29) is 18.0 Å². The highest BCUT2D eigenvalue weighted by Crippen LogP contribution is 2.12. The van der Waals surface area contributed by atoms with Crippen LogP contribution in [0.1, 0.15) is 31.7 Å². The van der Waals surface area contributed by atoms with Crippen molar-refractivity contribution >= 4 is 17.3 Å². The van der Waals surface area contributed by atoms with Gasteiger partial charge in [0.1, 0.15) is 0 Å². The molecule has 1 heterocycles. The molecule has 7 heteroatoms. The van der Waals surface area contributed by atoms with E-state index in [0.29, 0.717) is 0 Å². The Bertz CT molecular complexity index is 573. The van der Waals surface area contributed by atoms with Gasteiger partial charge in [0.15, 0.2) is 0 Å². The molecule has 1 saturated heterocycles. The molecule has 124 valence electrons. The zero-order chi connectivity index (χ0) is 16.7. The third-order valence-corrected chi connectivity index (χ3v) is 3.99. The van der Waals surface area contributed by atoms with Gasteiger partial charge < -0.3 is 4.90 Å². The predicted octanol–water partition coefficient (Wildman–Crippen LogP) is 0.698. The third-order valence-electron chi connectivity index (χ3n) is 3.99. The summed E-state index contributed by atoms with van der Waals surface area (Å²) in [7, 11) is 0. The molecular formula is C16H23N4O3+. The molecule has 23 heavy (non-hydrogen) atoms. The van der Waals surface area contributed by atoms with Gasteiger partial charge in [-0.3, -0.25) is 14.9 Å². The van der Waals surface area contributed by atoms with Crippen LogP contribution in [-0.4, -0.2) is 36.2 Å². The third kappa shape index (κ3) is 5.45. The Morgan fingerprint density at radius 3 is 2.52 bits per heavy atom. The monoisotopic (exact) mass is 319 g/mol. The minimum atomic E-state index is -0.456. The second kappa shape index (κ2) is 8.38. The molecule has 1 amide bonds. The maximum absolute atomic E-state index is 11.9. The number of hydrogen-bond donors (Lipinski definition) is 2. The van der Waals surface area contributed by atoms with E-state index in [4.69, 9.17) is 0 Å². The first-order valence-corrected chi connectivity index (χ1v) is 7.99. The van der Waals surface area contributed by atoms with Crippen molar-refractivity contribution in [3.8, 4) is 0 Å². The number of hydrogen-bond acceptors (Lipinski definition) is 4. The number of nitrogens with zero attached hydrogens (tertiary/aromatic N) is 2. The summed E-state index contributed by atoms with van der Waals surface area (Å²) in [6.45, 7) is 5.53. The number of nitrogens with one attached hydrogen (secondary N) is 2. The van der Waals surface area contributed by atoms with E-state index in [1.807, 2.05) is 0 Å². The molecule has 0 spiro atoms. The van der Waals surface area contributed by atoms with Gasteiger partial charge in [0.05, 0.1) is 31.0 Å². The molecule has 0 radical (unpaired) electrons. The van der Waals surface area contributed by atoms with Gasteiger partial charge in [0.25, 0.3) is 5.69 Å². The molecule has 2 rings (SSSR count). The highest BCUT2D eigenvalue weighted by molar-refractivity contribution is 5.87. The van der Waals surface area contributed by atoms with Gasteiger partial charge in [0.2, 0.25) is 5.91 Å². The second-order valence-corrected chi connectivity index (χ2v) is 5.81. The lowest BCUT2D eigenvalue weighted by molar-refractivity contribution is -0.901. The maximum Gasteiger partial charge on any atom is 0.269 e. The van der Waals surface area contributed by atoms with E-state index < -0.39 is 4.92 Å². The molecule has 0 atom stereocenters. The number of nitro benzene ring substituents is 1. The average molecular weight is 319 g/mol. The molecular weight excluding hydrogens is 296 g/mol. The van der Waals surface area contributed by atoms with Gasteiger partial charge in [-0.15, -0.1) is 0 Å². The van der Waals surface area contributed by atoms with Crippen molar-refractivity contribution in [2.24, 2.45) is 5.10 Å². The number of non-ortho nitro benzene ring substituents is 1. The number of carbonyl (C=O) groups excluding carboxylic acids is 1. The first-order valence-electron chi connectivity index (χ1n) is 7.99. The van der Waals surface area contributed by atoms with Crippen LogP contribution in [0.25, 0.3) is 0 Å². The van der Waals surface area contributed by atoms with Gasteiger partial charge in [-0.05, 0) is 12.0 Å². The quantitative estimate of drug-likeness (QED) is 0.597. The lowest BCUT2D eigenvalue weighted by Gasteiger charge is -2.24. The molecule has 1 aromatic carbocycles. The fourth-order valence-corrected chi connectivity index (χ4v) is 2.71. The molecule has 0 bridgehead atoms. The predicted molar refractivity (Wildman–Crippen MR) is 87.5 cm³/mol. The Labute approximate surface area is 135 Å². The van der Waals surface area contributed by atoms with Gasteiger partial charge in [0, 0.05) is 30.7 Å². The van der Waals surface area contributed by atoms with E-state index >= 15 is 0 Å². The number of piperidine rings is 1. The number of rotatable bonds is 6. The highest BCUT2D eigenvalue weighted by Gasteiger charge is 2.17. The zero-order valence-electron chi connectivity index (χ0n) is 13.4. The minimum absolute atomic E-state index is 0.0238. The molecule has 1 aromatic rings. The van der Waals surface area contributed by atoms with Crippen LogP contribution in [0.3, 0.4) is 0 Å². The molecule has 7 nitrogen and oxygen atoms in total. The molecule has 1 fully saturated rings. The number of nitro groups is 1.